The van der Waals surface area contributed by atoms with E-state index >= 15 is 0 Å². The van der Waals surface area contributed by atoms with Gasteiger partial charge in [-0.2, -0.15) is 0 Å². The molecule has 1 saturated heterocycles. The lowest BCUT2D eigenvalue weighted by atomic mass is 10.1. The standard InChI is InChI=1S/C15H19ClN4O3.HI/c1-23-12-6-5-10(9-11(12)16)19-15(17)18-7-8-20-13(21)3-2-4-14(20)22;/h5-6,9H,2-4,7-8H2,1H3,(H3,17,18,19);1H. The third-order valence-electron chi connectivity index (χ3n) is 3.41. The van der Waals surface area contributed by atoms with E-state index in [9.17, 15) is 9.59 Å². The number of ether oxygens (including phenoxy) is 1. The molecule has 0 spiro atoms. The van der Waals surface area contributed by atoms with Crippen LogP contribution in [0.3, 0.4) is 0 Å². The third-order valence-corrected chi connectivity index (χ3v) is 3.71. The molecule has 1 aliphatic heterocycles. The topological polar surface area (TPSA) is 97.0 Å². The van der Waals surface area contributed by atoms with Crippen molar-refractivity contribution < 1.29 is 14.3 Å². The van der Waals surface area contributed by atoms with Gasteiger partial charge < -0.3 is 15.8 Å². The number of imide groups is 1. The molecular formula is C15H20ClIN4O3. The van der Waals surface area contributed by atoms with Gasteiger partial charge in [0.2, 0.25) is 11.8 Å². The Balaban J connectivity index is 0.00000288. The predicted molar refractivity (Wildman–Crippen MR) is 104 cm³/mol. The van der Waals surface area contributed by atoms with Gasteiger partial charge in [0, 0.05) is 25.1 Å². The highest BCUT2D eigenvalue weighted by Crippen LogP contribution is 2.27. The van der Waals surface area contributed by atoms with E-state index in [1.807, 2.05) is 0 Å². The van der Waals surface area contributed by atoms with E-state index in [-0.39, 0.29) is 54.8 Å². The number of nitrogens with one attached hydrogen (secondary N) is 1. The number of aliphatic imine (C=N–C) groups is 1. The van der Waals surface area contributed by atoms with Gasteiger partial charge in [0.1, 0.15) is 5.75 Å². The van der Waals surface area contributed by atoms with Crippen molar-refractivity contribution in [1.82, 2.24) is 4.90 Å². The molecule has 1 aromatic carbocycles. The Labute approximate surface area is 162 Å². The zero-order valence-corrected chi connectivity index (χ0v) is 16.3. The summed E-state index contributed by atoms with van der Waals surface area (Å²) in [7, 11) is 1.54. The fourth-order valence-electron chi connectivity index (χ4n) is 2.25. The first-order valence-corrected chi connectivity index (χ1v) is 7.62. The van der Waals surface area contributed by atoms with E-state index in [4.69, 9.17) is 22.1 Å². The SMILES string of the molecule is COc1ccc(NC(N)=NCCN2C(=O)CCCC2=O)cc1Cl.I. The number of rotatable bonds is 5. The van der Waals surface area contributed by atoms with Crippen LogP contribution in [0.5, 0.6) is 5.75 Å². The van der Waals surface area contributed by atoms with Gasteiger partial charge in [-0.05, 0) is 24.6 Å². The maximum atomic E-state index is 11.7. The fourth-order valence-corrected chi connectivity index (χ4v) is 2.51. The number of piperidine rings is 1. The van der Waals surface area contributed by atoms with Gasteiger partial charge in [0.05, 0.1) is 18.7 Å². The largest absolute Gasteiger partial charge is 0.495 e. The van der Waals surface area contributed by atoms with E-state index < -0.39 is 0 Å². The summed E-state index contributed by atoms with van der Waals surface area (Å²) in [6, 6.07) is 5.13. The Bertz CT molecular complexity index is 623. The summed E-state index contributed by atoms with van der Waals surface area (Å²) < 4.78 is 5.07. The number of hydrogen-bond acceptors (Lipinski definition) is 4. The van der Waals surface area contributed by atoms with Gasteiger partial charge in [0.15, 0.2) is 5.96 Å². The summed E-state index contributed by atoms with van der Waals surface area (Å²) in [6.07, 6.45) is 1.44. The van der Waals surface area contributed by atoms with E-state index in [1.54, 1.807) is 18.2 Å². The van der Waals surface area contributed by atoms with Crippen molar-refractivity contribution in [3.8, 4) is 5.75 Å². The fraction of sp³-hybridized carbons (Fsp3) is 0.400. The zero-order valence-electron chi connectivity index (χ0n) is 13.3. The van der Waals surface area contributed by atoms with Crippen molar-refractivity contribution in [3.63, 3.8) is 0 Å². The van der Waals surface area contributed by atoms with Crippen LogP contribution in [0.4, 0.5) is 5.69 Å². The van der Waals surface area contributed by atoms with Crippen LogP contribution in [0.1, 0.15) is 19.3 Å². The van der Waals surface area contributed by atoms with Crippen LogP contribution in [0.25, 0.3) is 0 Å². The average molecular weight is 467 g/mol. The molecule has 0 unspecified atom stereocenters. The minimum absolute atomic E-state index is 0. The Morgan fingerprint density at radius 3 is 2.62 bits per heavy atom. The molecule has 1 fully saturated rings. The first-order chi connectivity index (χ1) is 11.0. The first kappa shape index (κ1) is 20.5. The summed E-state index contributed by atoms with van der Waals surface area (Å²) in [4.78, 5) is 28.7. The number of hydrogen-bond donors (Lipinski definition) is 2. The number of carbonyl (C=O) groups excluding carboxylic acids is 2. The molecule has 1 aliphatic rings. The quantitative estimate of drug-likeness (QED) is 0.300. The molecule has 0 bridgehead atoms. The first-order valence-electron chi connectivity index (χ1n) is 7.25. The summed E-state index contributed by atoms with van der Waals surface area (Å²) in [6.45, 7) is 0.490. The van der Waals surface area contributed by atoms with Gasteiger partial charge in [0.25, 0.3) is 0 Å². The van der Waals surface area contributed by atoms with E-state index in [0.717, 1.165) is 0 Å². The minimum Gasteiger partial charge on any atom is -0.495 e. The molecule has 9 heteroatoms. The monoisotopic (exact) mass is 466 g/mol. The molecule has 7 nitrogen and oxygen atoms in total. The predicted octanol–water partition coefficient (Wildman–Crippen LogP) is 2.23. The maximum Gasteiger partial charge on any atom is 0.229 e. The summed E-state index contributed by atoms with van der Waals surface area (Å²) in [5.74, 6) is 0.452. The zero-order chi connectivity index (χ0) is 16.8. The van der Waals surface area contributed by atoms with Gasteiger partial charge >= 0.3 is 0 Å². The number of methoxy groups -OCH3 is 1. The molecule has 24 heavy (non-hydrogen) atoms. The van der Waals surface area contributed by atoms with Crippen LogP contribution in [0, 0.1) is 0 Å². The Morgan fingerprint density at radius 1 is 1.38 bits per heavy atom. The van der Waals surface area contributed by atoms with Gasteiger partial charge in [-0.1, -0.05) is 11.6 Å². The van der Waals surface area contributed by atoms with Crippen molar-refractivity contribution in [2.45, 2.75) is 19.3 Å². The summed E-state index contributed by atoms with van der Waals surface area (Å²) >= 11 is 6.02. The smallest absolute Gasteiger partial charge is 0.229 e. The van der Waals surface area contributed by atoms with Crippen LogP contribution < -0.4 is 15.8 Å². The van der Waals surface area contributed by atoms with Gasteiger partial charge in [-0.3, -0.25) is 19.5 Å². The lowest BCUT2D eigenvalue weighted by Gasteiger charge is -2.24. The van der Waals surface area contributed by atoms with Crippen LogP contribution in [-0.4, -0.2) is 42.9 Å². The van der Waals surface area contributed by atoms with E-state index in [2.05, 4.69) is 10.3 Å². The molecule has 0 atom stereocenters. The number of likely N-dealkylation sites (tertiary alicyclic amines) is 1. The van der Waals surface area contributed by atoms with Crippen molar-refractivity contribution >= 4 is 59.0 Å². The molecular weight excluding hydrogens is 447 g/mol. The molecule has 132 valence electrons. The maximum absolute atomic E-state index is 11.7. The average Bonchev–Trinajstić information content (AvgIpc) is 2.50. The Kier molecular flexibility index (Phi) is 8.26. The number of amides is 2. The lowest BCUT2D eigenvalue weighted by molar-refractivity contribution is -0.147. The molecule has 0 saturated carbocycles. The van der Waals surface area contributed by atoms with Crippen molar-refractivity contribution in [2.24, 2.45) is 10.7 Å². The molecule has 3 N–H and O–H groups in total. The Morgan fingerprint density at radius 2 is 2.04 bits per heavy atom. The number of nitrogens with zero attached hydrogens (tertiary/aromatic N) is 2. The third kappa shape index (κ3) is 5.52. The second kappa shape index (κ2) is 9.67. The van der Waals surface area contributed by atoms with Crippen LogP contribution >= 0.6 is 35.6 Å². The van der Waals surface area contributed by atoms with E-state index in [0.29, 0.717) is 35.7 Å². The second-order valence-electron chi connectivity index (χ2n) is 5.03. The molecule has 0 radical (unpaired) electrons. The highest BCUT2D eigenvalue weighted by molar-refractivity contribution is 14.0. The summed E-state index contributed by atoms with van der Waals surface area (Å²) in [5.41, 5.74) is 6.46. The molecule has 0 aromatic heterocycles. The molecule has 2 rings (SSSR count). The second-order valence-corrected chi connectivity index (χ2v) is 5.44. The number of halogens is 2. The lowest BCUT2D eigenvalue weighted by Crippen LogP contribution is -2.41. The van der Waals surface area contributed by atoms with Gasteiger partial charge in [-0.25, -0.2) is 0 Å². The normalized spacial score (nSPS) is 15.1. The number of guanidine groups is 1. The molecule has 0 aliphatic carbocycles. The van der Waals surface area contributed by atoms with Gasteiger partial charge in [-0.15, -0.1) is 24.0 Å². The van der Waals surface area contributed by atoms with Crippen LogP contribution in [-0.2, 0) is 9.59 Å². The number of carbonyl (C=O) groups is 2. The highest BCUT2D eigenvalue weighted by Gasteiger charge is 2.24. The number of anilines is 1. The van der Waals surface area contributed by atoms with E-state index in [1.165, 1.54) is 12.0 Å². The highest BCUT2D eigenvalue weighted by atomic mass is 127. The van der Waals surface area contributed by atoms with Crippen molar-refractivity contribution in [2.75, 3.05) is 25.5 Å². The molecule has 2 amide bonds. The van der Waals surface area contributed by atoms with Crippen LogP contribution in [0.2, 0.25) is 5.02 Å². The number of nitrogens with two attached hydrogens (primary N) is 1. The Hall–Kier alpha value is -1.55. The minimum atomic E-state index is -0.148. The number of benzene rings is 1. The van der Waals surface area contributed by atoms with Crippen molar-refractivity contribution in [1.29, 1.82) is 0 Å². The summed E-state index contributed by atoms with van der Waals surface area (Å²) in [5, 5.41) is 3.35. The molecule has 1 aromatic rings. The molecule has 1 heterocycles. The van der Waals surface area contributed by atoms with Crippen LogP contribution in [0.15, 0.2) is 23.2 Å². The van der Waals surface area contributed by atoms with Crippen molar-refractivity contribution in [3.05, 3.63) is 23.2 Å².